The molecule has 0 aliphatic heterocycles. The normalized spacial score (nSPS) is 9.89. The van der Waals surface area contributed by atoms with Crippen molar-refractivity contribution in [3.8, 4) is 0 Å². The maximum atomic E-state index is 11.8. The third-order valence-corrected chi connectivity index (χ3v) is 2.89. The van der Waals surface area contributed by atoms with Gasteiger partial charge in [0.15, 0.2) is 0 Å². The lowest BCUT2D eigenvalue weighted by Gasteiger charge is -2.08. The Hall–Kier alpha value is -1.09. The maximum absolute atomic E-state index is 11.8. The smallest absolute Gasteiger partial charge is 0.426 e. The van der Waals surface area contributed by atoms with Gasteiger partial charge in [-0.15, -0.1) is 0 Å². The first-order chi connectivity index (χ1) is 8.90. The molecule has 0 atom stereocenters. The number of carbonyl (C=O) groups excluding carboxylic acids is 2. The minimum Gasteiger partial charge on any atom is -0.426 e. The SMILES string of the molecule is O=C(CNC(=O)c1cc(Br)ccc1Cl)NCB(O)O. The van der Waals surface area contributed by atoms with Gasteiger partial charge in [0, 0.05) is 4.47 Å². The van der Waals surface area contributed by atoms with Gasteiger partial charge in [0.05, 0.1) is 23.6 Å². The minimum absolute atomic E-state index is 0.242. The molecule has 4 N–H and O–H groups in total. The van der Waals surface area contributed by atoms with Crippen molar-refractivity contribution in [2.45, 2.75) is 0 Å². The van der Waals surface area contributed by atoms with Crippen molar-refractivity contribution in [1.82, 2.24) is 10.6 Å². The van der Waals surface area contributed by atoms with Crippen LogP contribution in [0.5, 0.6) is 0 Å². The Labute approximate surface area is 123 Å². The highest BCUT2D eigenvalue weighted by atomic mass is 79.9. The molecule has 0 radical (unpaired) electrons. The molecule has 0 bridgehead atoms. The van der Waals surface area contributed by atoms with E-state index >= 15 is 0 Å². The van der Waals surface area contributed by atoms with E-state index in [1.165, 1.54) is 6.07 Å². The van der Waals surface area contributed by atoms with Crippen LogP contribution in [0, 0.1) is 0 Å². The number of amides is 2. The molecule has 0 saturated heterocycles. The topological polar surface area (TPSA) is 98.7 Å². The van der Waals surface area contributed by atoms with E-state index in [2.05, 4.69) is 26.6 Å². The summed E-state index contributed by atoms with van der Waals surface area (Å²) in [5, 5.41) is 22.0. The molecule has 0 aliphatic rings. The van der Waals surface area contributed by atoms with Crippen LogP contribution in [0.4, 0.5) is 0 Å². The van der Waals surface area contributed by atoms with Crippen LogP contribution in [0.1, 0.15) is 10.4 Å². The summed E-state index contributed by atoms with van der Waals surface area (Å²) in [5.74, 6) is -1.03. The molecule has 9 heteroatoms. The number of carbonyl (C=O) groups is 2. The lowest BCUT2D eigenvalue weighted by Crippen LogP contribution is -2.41. The van der Waals surface area contributed by atoms with Crippen LogP contribution in [-0.4, -0.2) is 42.0 Å². The highest BCUT2D eigenvalue weighted by molar-refractivity contribution is 9.10. The Kier molecular flexibility index (Phi) is 6.30. The molecule has 19 heavy (non-hydrogen) atoms. The maximum Gasteiger partial charge on any atom is 0.472 e. The molecule has 0 fully saturated rings. The zero-order valence-electron chi connectivity index (χ0n) is 9.69. The van der Waals surface area contributed by atoms with E-state index in [9.17, 15) is 9.59 Å². The molecule has 0 heterocycles. The summed E-state index contributed by atoms with van der Waals surface area (Å²) >= 11 is 9.07. The van der Waals surface area contributed by atoms with Gasteiger partial charge in [0.25, 0.3) is 5.91 Å². The number of rotatable bonds is 5. The average Bonchev–Trinajstić information content (AvgIpc) is 2.36. The molecule has 6 nitrogen and oxygen atoms in total. The first-order valence-corrected chi connectivity index (χ1v) is 6.43. The van der Waals surface area contributed by atoms with Crippen LogP contribution in [0.15, 0.2) is 22.7 Å². The molecule has 1 aromatic carbocycles. The van der Waals surface area contributed by atoms with Crippen molar-refractivity contribution in [3.05, 3.63) is 33.3 Å². The predicted molar refractivity (Wildman–Crippen MR) is 74.7 cm³/mol. The van der Waals surface area contributed by atoms with E-state index < -0.39 is 18.9 Å². The molecule has 0 aromatic heterocycles. The quantitative estimate of drug-likeness (QED) is 0.561. The van der Waals surface area contributed by atoms with Crippen molar-refractivity contribution in [2.75, 3.05) is 13.0 Å². The molecular weight excluding hydrogens is 338 g/mol. The van der Waals surface area contributed by atoms with E-state index in [1.54, 1.807) is 12.1 Å². The highest BCUT2D eigenvalue weighted by Gasteiger charge is 2.13. The largest absolute Gasteiger partial charge is 0.472 e. The lowest BCUT2D eigenvalue weighted by atomic mass is 9.92. The molecule has 0 saturated carbocycles. The second-order valence-corrected chi connectivity index (χ2v) is 4.91. The van der Waals surface area contributed by atoms with E-state index in [0.717, 1.165) is 0 Å². The van der Waals surface area contributed by atoms with E-state index in [1.807, 2.05) is 0 Å². The number of hydrogen-bond acceptors (Lipinski definition) is 4. The third-order valence-electron chi connectivity index (χ3n) is 2.06. The molecule has 0 spiro atoms. The van der Waals surface area contributed by atoms with Crippen LogP contribution < -0.4 is 10.6 Å². The number of hydrogen-bond donors (Lipinski definition) is 4. The van der Waals surface area contributed by atoms with Crippen molar-refractivity contribution < 1.29 is 19.6 Å². The van der Waals surface area contributed by atoms with E-state index in [0.29, 0.717) is 4.47 Å². The first kappa shape index (κ1) is 16.0. The summed E-state index contributed by atoms with van der Waals surface area (Å²) in [6.07, 6.45) is -0.299. The molecule has 1 rings (SSSR count). The van der Waals surface area contributed by atoms with E-state index in [-0.39, 0.29) is 23.6 Å². The Balaban J connectivity index is 2.51. The number of benzene rings is 1. The summed E-state index contributed by atoms with van der Waals surface area (Å²) in [4.78, 5) is 23.0. The van der Waals surface area contributed by atoms with Gasteiger partial charge in [-0.25, -0.2) is 0 Å². The standard InChI is InChI=1S/C10H11BBrClN2O4/c12-6-1-2-8(13)7(3-6)10(17)14-4-9(16)15-5-11(18)19/h1-3,18-19H,4-5H2,(H,14,17)(H,15,16). The van der Waals surface area contributed by atoms with Crippen LogP contribution in [0.2, 0.25) is 5.02 Å². The van der Waals surface area contributed by atoms with Crippen molar-refractivity contribution in [3.63, 3.8) is 0 Å². The summed E-state index contributed by atoms with van der Waals surface area (Å²) in [6, 6.07) is 4.78. The van der Waals surface area contributed by atoms with E-state index in [4.69, 9.17) is 21.6 Å². The Bertz CT molecular complexity index is 487. The molecule has 1 aromatic rings. The van der Waals surface area contributed by atoms with Crippen LogP contribution >= 0.6 is 27.5 Å². The van der Waals surface area contributed by atoms with Crippen LogP contribution in [0.3, 0.4) is 0 Å². The molecule has 0 unspecified atom stereocenters. The van der Waals surface area contributed by atoms with Gasteiger partial charge in [-0.2, -0.15) is 0 Å². The van der Waals surface area contributed by atoms with Gasteiger partial charge < -0.3 is 20.7 Å². The van der Waals surface area contributed by atoms with Crippen molar-refractivity contribution in [1.29, 1.82) is 0 Å². The summed E-state index contributed by atoms with van der Waals surface area (Å²) < 4.78 is 0.690. The monoisotopic (exact) mass is 348 g/mol. The fourth-order valence-corrected chi connectivity index (χ4v) is 1.76. The predicted octanol–water partition coefficient (Wildman–Crippen LogP) is -0.0395. The van der Waals surface area contributed by atoms with Crippen molar-refractivity contribution >= 4 is 46.5 Å². The van der Waals surface area contributed by atoms with Crippen LogP contribution in [0.25, 0.3) is 0 Å². The highest BCUT2D eigenvalue weighted by Crippen LogP contribution is 2.20. The number of halogens is 2. The van der Waals surface area contributed by atoms with Gasteiger partial charge >= 0.3 is 7.12 Å². The summed E-state index contributed by atoms with van der Waals surface area (Å²) in [6.45, 7) is -0.283. The first-order valence-electron chi connectivity index (χ1n) is 5.26. The Morgan fingerprint density at radius 1 is 1.32 bits per heavy atom. The fraction of sp³-hybridized carbons (Fsp3) is 0.200. The molecular formula is C10H11BBrClN2O4. The van der Waals surface area contributed by atoms with Gasteiger partial charge in [0.2, 0.25) is 5.91 Å². The average molecular weight is 349 g/mol. The third kappa shape index (κ3) is 5.60. The minimum atomic E-state index is -1.63. The van der Waals surface area contributed by atoms with Crippen molar-refractivity contribution in [2.24, 2.45) is 0 Å². The molecule has 2 amide bonds. The molecule has 102 valence electrons. The van der Waals surface area contributed by atoms with Crippen LogP contribution in [-0.2, 0) is 4.79 Å². The second-order valence-electron chi connectivity index (χ2n) is 3.59. The van der Waals surface area contributed by atoms with Gasteiger partial charge in [-0.1, -0.05) is 27.5 Å². The summed E-state index contributed by atoms with van der Waals surface area (Å²) in [7, 11) is -1.63. The number of nitrogens with one attached hydrogen (secondary N) is 2. The van der Waals surface area contributed by atoms with Gasteiger partial charge in [-0.3, -0.25) is 9.59 Å². The second kappa shape index (κ2) is 7.49. The fourth-order valence-electron chi connectivity index (χ4n) is 1.19. The Morgan fingerprint density at radius 2 is 2.00 bits per heavy atom. The molecule has 0 aliphatic carbocycles. The zero-order chi connectivity index (χ0) is 14.4. The zero-order valence-corrected chi connectivity index (χ0v) is 12.0. The van der Waals surface area contributed by atoms with Gasteiger partial charge in [0.1, 0.15) is 0 Å². The van der Waals surface area contributed by atoms with Gasteiger partial charge in [-0.05, 0) is 18.2 Å². The Morgan fingerprint density at radius 3 is 2.63 bits per heavy atom. The summed E-state index contributed by atoms with van der Waals surface area (Å²) in [5.41, 5.74) is 0.242. The lowest BCUT2D eigenvalue weighted by molar-refractivity contribution is -0.119.